The van der Waals surface area contributed by atoms with Gasteiger partial charge < -0.3 is 19.9 Å². The lowest BCUT2D eigenvalue weighted by Gasteiger charge is -2.19. The summed E-state index contributed by atoms with van der Waals surface area (Å²) in [4.78, 5) is 4.30. The van der Waals surface area contributed by atoms with Gasteiger partial charge in [-0.2, -0.15) is 0 Å². The van der Waals surface area contributed by atoms with Crippen LogP contribution in [0.3, 0.4) is 0 Å². The highest BCUT2D eigenvalue weighted by atomic mass is 127. The average molecular weight is 556 g/mol. The van der Waals surface area contributed by atoms with Crippen LogP contribution in [0.2, 0.25) is 0 Å². The number of rotatable bonds is 8. The molecule has 0 amide bonds. The van der Waals surface area contributed by atoms with Gasteiger partial charge >= 0.3 is 0 Å². The topological polar surface area (TPSA) is 76.4 Å². The quantitative estimate of drug-likeness (QED) is 0.292. The number of nitrogens with one attached hydrogen (secondary N) is 2. The minimum absolute atomic E-state index is 0. The largest absolute Gasteiger partial charge is 0.490 e. The number of hydrogen-bond acceptors (Lipinski definition) is 4. The third-order valence-corrected chi connectivity index (χ3v) is 6.03. The van der Waals surface area contributed by atoms with Crippen molar-refractivity contribution in [3.63, 3.8) is 0 Å². The Balaban J connectivity index is 0.00000289. The van der Waals surface area contributed by atoms with E-state index in [-0.39, 0.29) is 35.8 Å². The molecule has 1 unspecified atom stereocenters. The Kier molecular flexibility index (Phi) is 9.12. The molecule has 2 aliphatic rings. The first-order valence-electron chi connectivity index (χ1n) is 11.4. The second-order valence-corrected chi connectivity index (χ2v) is 8.55. The van der Waals surface area contributed by atoms with Crippen molar-refractivity contribution in [3.8, 4) is 5.75 Å². The molecular formula is C23H34FIN6O. The van der Waals surface area contributed by atoms with E-state index in [2.05, 4.69) is 30.4 Å². The predicted molar refractivity (Wildman–Crippen MR) is 134 cm³/mol. The molecular weight excluding hydrogens is 522 g/mol. The number of aryl methyl sites for hydroxylation is 1. The molecule has 1 fully saturated rings. The summed E-state index contributed by atoms with van der Waals surface area (Å²) in [5, 5.41) is 15.4. The molecule has 4 rings (SSSR count). The van der Waals surface area contributed by atoms with E-state index in [9.17, 15) is 4.39 Å². The summed E-state index contributed by atoms with van der Waals surface area (Å²) in [6, 6.07) is 5.07. The molecule has 1 aromatic carbocycles. The average Bonchev–Trinajstić information content (AvgIpc) is 3.57. The second kappa shape index (κ2) is 11.8. The van der Waals surface area contributed by atoms with Gasteiger partial charge in [-0.25, -0.2) is 4.39 Å². The van der Waals surface area contributed by atoms with E-state index < -0.39 is 0 Å². The fourth-order valence-corrected chi connectivity index (χ4v) is 3.90. The Morgan fingerprint density at radius 1 is 1.28 bits per heavy atom. The van der Waals surface area contributed by atoms with Gasteiger partial charge in [0.25, 0.3) is 0 Å². The molecule has 1 saturated carbocycles. The number of aromatic nitrogens is 3. The summed E-state index contributed by atoms with van der Waals surface area (Å²) >= 11 is 0. The Morgan fingerprint density at radius 3 is 2.88 bits per heavy atom. The van der Waals surface area contributed by atoms with Gasteiger partial charge in [0.15, 0.2) is 17.5 Å². The molecule has 2 N–H and O–H groups in total. The summed E-state index contributed by atoms with van der Waals surface area (Å²) in [7, 11) is 1.74. The number of halogens is 2. The molecule has 176 valence electrons. The van der Waals surface area contributed by atoms with Crippen LogP contribution in [0.5, 0.6) is 5.75 Å². The fourth-order valence-electron chi connectivity index (χ4n) is 3.90. The van der Waals surface area contributed by atoms with E-state index in [0.717, 1.165) is 36.6 Å². The number of guanidine groups is 1. The zero-order valence-electron chi connectivity index (χ0n) is 18.9. The number of hydrogen-bond donors (Lipinski definition) is 2. The first-order valence-corrected chi connectivity index (χ1v) is 11.4. The molecule has 1 aliphatic heterocycles. The zero-order valence-corrected chi connectivity index (χ0v) is 21.3. The minimum atomic E-state index is -0.317. The molecule has 0 saturated heterocycles. The van der Waals surface area contributed by atoms with Crippen LogP contribution in [-0.2, 0) is 19.4 Å². The van der Waals surface area contributed by atoms with Gasteiger partial charge in [0, 0.05) is 33.0 Å². The van der Waals surface area contributed by atoms with Crippen molar-refractivity contribution in [2.75, 3.05) is 20.2 Å². The van der Waals surface area contributed by atoms with Crippen LogP contribution in [0, 0.1) is 11.7 Å². The van der Waals surface area contributed by atoms with Gasteiger partial charge in [0.2, 0.25) is 0 Å². The van der Waals surface area contributed by atoms with Crippen molar-refractivity contribution in [1.29, 1.82) is 0 Å². The highest BCUT2D eigenvalue weighted by molar-refractivity contribution is 14.0. The van der Waals surface area contributed by atoms with Gasteiger partial charge in [-0.15, -0.1) is 34.2 Å². The number of aliphatic imine (C=N–C) groups is 1. The normalized spacial score (nSPS) is 17.0. The molecule has 7 nitrogen and oxygen atoms in total. The Labute approximate surface area is 206 Å². The molecule has 2 aromatic rings. The van der Waals surface area contributed by atoms with Crippen LogP contribution >= 0.6 is 24.0 Å². The van der Waals surface area contributed by atoms with Crippen LogP contribution in [0.4, 0.5) is 4.39 Å². The number of ether oxygens (including phenoxy) is 1. The predicted octanol–water partition coefficient (Wildman–Crippen LogP) is 4.02. The maximum absolute atomic E-state index is 14.4. The summed E-state index contributed by atoms with van der Waals surface area (Å²) in [5.41, 5.74) is 0.849. The van der Waals surface area contributed by atoms with E-state index in [1.807, 2.05) is 13.0 Å². The van der Waals surface area contributed by atoms with E-state index in [1.165, 1.54) is 32.1 Å². The highest BCUT2D eigenvalue weighted by Gasteiger charge is 2.22. The van der Waals surface area contributed by atoms with Crippen molar-refractivity contribution >= 4 is 29.9 Å². The van der Waals surface area contributed by atoms with E-state index in [1.54, 1.807) is 19.2 Å². The van der Waals surface area contributed by atoms with Crippen LogP contribution in [-0.4, -0.2) is 40.9 Å². The monoisotopic (exact) mass is 556 g/mol. The standard InChI is InChI=1S/C23H33FN6O.HI/c1-16(18-9-10-20(19(24)14-18)31-15-17-7-8-17)27-23(25-2)26-12-11-22-29-28-21-6-4-3-5-13-30(21)22;/h9-10,14,16-17H,3-8,11-13,15H2,1-2H3,(H2,25,26,27);1H. The first-order chi connectivity index (χ1) is 15.1. The molecule has 9 heteroatoms. The fraction of sp³-hybridized carbons (Fsp3) is 0.609. The van der Waals surface area contributed by atoms with E-state index in [0.29, 0.717) is 30.8 Å². The smallest absolute Gasteiger partial charge is 0.191 e. The van der Waals surface area contributed by atoms with Crippen molar-refractivity contribution in [2.45, 2.75) is 64.5 Å². The summed E-state index contributed by atoms with van der Waals surface area (Å²) in [6.45, 7) is 4.31. The zero-order chi connectivity index (χ0) is 21.6. The molecule has 0 spiro atoms. The Bertz CT molecular complexity index is 914. The van der Waals surface area contributed by atoms with Crippen LogP contribution in [0.15, 0.2) is 23.2 Å². The number of nitrogens with zero attached hydrogens (tertiary/aromatic N) is 4. The maximum atomic E-state index is 14.4. The van der Waals surface area contributed by atoms with Crippen molar-refractivity contribution < 1.29 is 9.13 Å². The lowest BCUT2D eigenvalue weighted by molar-refractivity contribution is 0.285. The van der Waals surface area contributed by atoms with Crippen LogP contribution in [0.25, 0.3) is 0 Å². The third-order valence-electron chi connectivity index (χ3n) is 6.03. The lowest BCUT2D eigenvalue weighted by atomic mass is 10.1. The Hall–Kier alpha value is -1.91. The number of fused-ring (bicyclic) bond motifs is 1. The molecule has 1 aliphatic carbocycles. The SMILES string of the molecule is CN=C(NCCc1nnc2n1CCCCC2)NC(C)c1ccc(OCC2CC2)c(F)c1.I. The minimum Gasteiger partial charge on any atom is -0.490 e. The van der Waals surface area contributed by atoms with Gasteiger partial charge in [-0.3, -0.25) is 4.99 Å². The lowest BCUT2D eigenvalue weighted by Crippen LogP contribution is -2.39. The summed E-state index contributed by atoms with van der Waals surface area (Å²) in [5.74, 6) is 3.42. The Morgan fingerprint density at radius 2 is 2.12 bits per heavy atom. The van der Waals surface area contributed by atoms with Gasteiger partial charge in [-0.05, 0) is 56.2 Å². The van der Waals surface area contributed by atoms with Gasteiger partial charge in [0.1, 0.15) is 11.6 Å². The van der Waals surface area contributed by atoms with Gasteiger partial charge in [-0.1, -0.05) is 12.5 Å². The highest BCUT2D eigenvalue weighted by Crippen LogP contribution is 2.30. The van der Waals surface area contributed by atoms with E-state index in [4.69, 9.17) is 4.74 Å². The molecule has 32 heavy (non-hydrogen) atoms. The summed E-state index contributed by atoms with van der Waals surface area (Å²) < 4.78 is 22.3. The third kappa shape index (κ3) is 6.55. The molecule has 0 bridgehead atoms. The molecule has 1 atom stereocenters. The van der Waals surface area contributed by atoms with Crippen molar-refractivity contribution in [2.24, 2.45) is 10.9 Å². The van der Waals surface area contributed by atoms with E-state index >= 15 is 0 Å². The van der Waals surface area contributed by atoms with Gasteiger partial charge in [0.05, 0.1) is 12.6 Å². The maximum Gasteiger partial charge on any atom is 0.191 e. The van der Waals surface area contributed by atoms with Crippen molar-refractivity contribution in [1.82, 2.24) is 25.4 Å². The molecule has 0 radical (unpaired) electrons. The second-order valence-electron chi connectivity index (χ2n) is 8.55. The molecule has 1 aromatic heterocycles. The number of benzene rings is 1. The van der Waals surface area contributed by atoms with Crippen molar-refractivity contribution in [3.05, 3.63) is 41.2 Å². The summed E-state index contributed by atoms with van der Waals surface area (Å²) in [6.07, 6.45) is 7.81. The van der Waals surface area contributed by atoms with Crippen LogP contribution < -0.4 is 15.4 Å². The van der Waals surface area contributed by atoms with Crippen LogP contribution in [0.1, 0.15) is 62.3 Å². The first kappa shape index (κ1) is 24.7. The molecule has 2 heterocycles.